The molecular weight excluding hydrogens is 889 g/mol. The van der Waals surface area contributed by atoms with Crippen LogP contribution in [-0.2, 0) is 28.6 Å². The van der Waals surface area contributed by atoms with Crippen molar-refractivity contribution in [1.82, 2.24) is 0 Å². The zero-order valence-electron chi connectivity index (χ0n) is 46.9. The van der Waals surface area contributed by atoms with Crippen LogP contribution in [0.4, 0.5) is 0 Å². The van der Waals surface area contributed by atoms with Crippen LogP contribution in [0.25, 0.3) is 0 Å². The molecule has 0 aromatic carbocycles. The highest BCUT2D eigenvalue weighted by molar-refractivity contribution is 5.71. The number of ether oxygens (including phenoxy) is 3. The molecule has 0 amide bonds. The second-order valence-electron chi connectivity index (χ2n) is 19.5. The van der Waals surface area contributed by atoms with Crippen LogP contribution in [0.2, 0.25) is 0 Å². The van der Waals surface area contributed by atoms with Gasteiger partial charge in [0, 0.05) is 19.3 Å². The van der Waals surface area contributed by atoms with Crippen molar-refractivity contribution in [3.63, 3.8) is 0 Å². The van der Waals surface area contributed by atoms with Crippen LogP contribution in [-0.4, -0.2) is 37.2 Å². The van der Waals surface area contributed by atoms with E-state index >= 15 is 0 Å². The molecular formula is C66H110O6. The summed E-state index contributed by atoms with van der Waals surface area (Å²) in [6.45, 7) is 6.44. The number of esters is 3. The van der Waals surface area contributed by atoms with Gasteiger partial charge in [-0.3, -0.25) is 14.4 Å². The largest absolute Gasteiger partial charge is 0.462 e. The molecule has 0 aliphatic carbocycles. The van der Waals surface area contributed by atoms with Crippen LogP contribution in [0.15, 0.2) is 109 Å². The van der Waals surface area contributed by atoms with Gasteiger partial charge < -0.3 is 14.2 Å². The molecule has 6 heteroatoms. The Morgan fingerprint density at radius 3 is 0.931 bits per heavy atom. The van der Waals surface area contributed by atoms with E-state index in [2.05, 4.69) is 130 Å². The van der Waals surface area contributed by atoms with Crippen molar-refractivity contribution in [3.8, 4) is 0 Å². The minimum atomic E-state index is -0.815. The third-order valence-electron chi connectivity index (χ3n) is 12.5. The molecule has 0 saturated heterocycles. The van der Waals surface area contributed by atoms with Gasteiger partial charge in [0.2, 0.25) is 0 Å². The van der Waals surface area contributed by atoms with Crippen molar-refractivity contribution in [2.45, 2.75) is 277 Å². The first-order chi connectivity index (χ1) is 35.5. The molecule has 0 aromatic rings. The molecule has 0 bridgehead atoms. The SMILES string of the molecule is CC/C=C\C/C=C\C/C=C\C/C=C\C/C=C\CCCCCC(=O)OC[C@@H](COC(=O)CCC/C=C\C/C=C\C/C=C\C/C=C\CCCCC)OC(=O)CCCCCCCCCCCCCCCCCCCC. The number of carbonyl (C=O) groups excluding carboxylic acids is 3. The van der Waals surface area contributed by atoms with E-state index in [9.17, 15) is 14.4 Å². The van der Waals surface area contributed by atoms with Crippen molar-refractivity contribution in [2.75, 3.05) is 13.2 Å². The van der Waals surface area contributed by atoms with Gasteiger partial charge in [0.25, 0.3) is 0 Å². The maximum absolute atomic E-state index is 12.9. The fraction of sp³-hybridized carbons (Fsp3) is 0.682. The van der Waals surface area contributed by atoms with Gasteiger partial charge in [-0.15, -0.1) is 0 Å². The number of carbonyl (C=O) groups is 3. The van der Waals surface area contributed by atoms with E-state index in [-0.39, 0.29) is 37.5 Å². The quantitative estimate of drug-likeness (QED) is 0.0261. The number of hydrogen-bond donors (Lipinski definition) is 0. The van der Waals surface area contributed by atoms with E-state index in [0.29, 0.717) is 19.3 Å². The lowest BCUT2D eigenvalue weighted by Gasteiger charge is -2.18. The van der Waals surface area contributed by atoms with Crippen LogP contribution < -0.4 is 0 Å². The average molecular weight is 1000 g/mol. The summed E-state index contributed by atoms with van der Waals surface area (Å²) in [5.41, 5.74) is 0. The molecule has 0 heterocycles. The molecule has 6 nitrogen and oxygen atoms in total. The Bertz CT molecular complexity index is 1470. The smallest absolute Gasteiger partial charge is 0.306 e. The highest BCUT2D eigenvalue weighted by atomic mass is 16.6. The average Bonchev–Trinajstić information content (AvgIpc) is 3.38. The van der Waals surface area contributed by atoms with Gasteiger partial charge in [-0.1, -0.05) is 259 Å². The predicted molar refractivity (Wildman–Crippen MR) is 311 cm³/mol. The molecule has 1 atom stereocenters. The van der Waals surface area contributed by atoms with Crippen LogP contribution in [0.1, 0.15) is 271 Å². The van der Waals surface area contributed by atoms with Crippen molar-refractivity contribution < 1.29 is 28.6 Å². The van der Waals surface area contributed by atoms with Gasteiger partial charge in [-0.05, 0) is 103 Å². The Kier molecular flexibility index (Phi) is 56.4. The number of hydrogen-bond acceptors (Lipinski definition) is 6. The Balaban J connectivity index is 4.52. The molecule has 0 spiro atoms. The number of allylic oxidation sites excluding steroid dienone is 18. The Morgan fingerprint density at radius 1 is 0.292 bits per heavy atom. The van der Waals surface area contributed by atoms with Crippen LogP contribution >= 0.6 is 0 Å². The van der Waals surface area contributed by atoms with Crippen LogP contribution in [0.5, 0.6) is 0 Å². The molecule has 72 heavy (non-hydrogen) atoms. The topological polar surface area (TPSA) is 78.9 Å². The monoisotopic (exact) mass is 999 g/mol. The molecule has 0 radical (unpaired) electrons. The maximum Gasteiger partial charge on any atom is 0.306 e. The van der Waals surface area contributed by atoms with E-state index < -0.39 is 6.10 Å². The molecule has 0 rings (SSSR count). The van der Waals surface area contributed by atoms with E-state index in [1.807, 2.05) is 0 Å². The van der Waals surface area contributed by atoms with Gasteiger partial charge in [0.05, 0.1) is 0 Å². The summed E-state index contributed by atoms with van der Waals surface area (Å²) in [5, 5.41) is 0. The minimum absolute atomic E-state index is 0.112. The van der Waals surface area contributed by atoms with Gasteiger partial charge in [0.1, 0.15) is 13.2 Å². The third-order valence-corrected chi connectivity index (χ3v) is 12.5. The molecule has 0 aromatic heterocycles. The Hall–Kier alpha value is -3.93. The molecule has 0 fully saturated rings. The third kappa shape index (κ3) is 57.0. The van der Waals surface area contributed by atoms with Gasteiger partial charge in [-0.25, -0.2) is 0 Å². The first-order valence-electron chi connectivity index (χ1n) is 29.9. The summed E-state index contributed by atoms with van der Waals surface area (Å²) in [6, 6.07) is 0. The summed E-state index contributed by atoms with van der Waals surface area (Å²) in [5.74, 6) is -0.992. The van der Waals surface area contributed by atoms with Crippen molar-refractivity contribution in [2.24, 2.45) is 0 Å². The second kappa shape index (κ2) is 59.6. The van der Waals surface area contributed by atoms with Gasteiger partial charge in [0.15, 0.2) is 6.10 Å². The summed E-state index contributed by atoms with van der Waals surface area (Å²) >= 11 is 0. The standard InChI is InChI=1S/C66H110O6/c1-4-7-10-13-16-19-22-25-28-31-33-36-38-41-44-47-50-53-56-59-65(68)71-62-63(61-70-64(67)58-55-52-49-46-43-40-37-34-30-27-24-21-18-15-12-9-6-3)72-66(69)60-57-54-51-48-45-42-39-35-32-29-26-23-20-17-14-11-8-5-2/h7,10,16,18-19,21,25,27-28,30,33,36-37,40-41,44,46,49,63H,4-6,8-9,11-15,17,20,22-24,26,29,31-32,34-35,38-39,42-43,45,47-48,50-62H2,1-3H3/b10-7-,19-16-,21-18-,28-25-,30-27-,36-33-,40-37-,44-41-,49-46-/t63-/m1/s1. The zero-order chi connectivity index (χ0) is 52.2. The summed E-state index contributed by atoms with van der Waals surface area (Å²) in [4.78, 5) is 38.2. The first-order valence-corrected chi connectivity index (χ1v) is 29.9. The molecule has 0 N–H and O–H groups in total. The molecule has 0 saturated carbocycles. The zero-order valence-corrected chi connectivity index (χ0v) is 46.9. The molecule has 0 aliphatic heterocycles. The van der Waals surface area contributed by atoms with Crippen molar-refractivity contribution >= 4 is 17.9 Å². The van der Waals surface area contributed by atoms with Crippen molar-refractivity contribution in [3.05, 3.63) is 109 Å². The minimum Gasteiger partial charge on any atom is -0.462 e. The number of unbranched alkanes of at least 4 members (excludes halogenated alkanes) is 24. The predicted octanol–water partition coefficient (Wildman–Crippen LogP) is 20.3. The lowest BCUT2D eigenvalue weighted by atomic mass is 10.0. The summed E-state index contributed by atoms with van der Waals surface area (Å²) in [7, 11) is 0. The lowest BCUT2D eigenvalue weighted by Crippen LogP contribution is -2.30. The van der Waals surface area contributed by atoms with Gasteiger partial charge >= 0.3 is 17.9 Å². The molecule has 0 aliphatic rings. The van der Waals surface area contributed by atoms with Crippen molar-refractivity contribution in [1.29, 1.82) is 0 Å². The van der Waals surface area contributed by atoms with Crippen LogP contribution in [0.3, 0.4) is 0 Å². The maximum atomic E-state index is 12.9. The Morgan fingerprint density at radius 2 is 0.556 bits per heavy atom. The normalized spacial score (nSPS) is 12.9. The summed E-state index contributed by atoms with van der Waals surface area (Å²) in [6.07, 6.45) is 80.9. The molecule has 0 unspecified atom stereocenters. The Labute approximate surface area is 444 Å². The lowest BCUT2D eigenvalue weighted by molar-refractivity contribution is -0.167. The van der Waals surface area contributed by atoms with E-state index in [1.54, 1.807) is 0 Å². The van der Waals surface area contributed by atoms with E-state index in [1.165, 1.54) is 122 Å². The summed E-state index contributed by atoms with van der Waals surface area (Å²) < 4.78 is 16.8. The molecule has 410 valence electrons. The van der Waals surface area contributed by atoms with Crippen LogP contribution in [0, 0.1) is 0 Å². The van der Waals surface area contributed by atoms with E-state index in [0.717, 1.165) is 103 Å². The first kappa shape index (κ1) is 68.1. The fourth-order valence-corrected chi connectivity index (χ4v) is 8.05. The number of rotatable bonds is 53. The second-order valence-corrected chi connectivity index (χ2v) is 19.5. The van der Waals surface area contributed by atoms with Gasteiger partial charge in [-0.2, -0.15) is 0 Å². The highest BCUT2D eigenvalue weighted by Gasteiger charge is 2.19. The van der Waals surface area contributed by atoms with E-state index in [4.69, 9.17) is 14.2 Å². The highest BCUT2D eigenvalue weighted by Crippen LogP contribution is 2.16. The fourth-order valence-electron chi connectivity index (χ4n) is 8.05.